The Morgan fingerprint density at radius 2 is 1.49 bits per heavy atom. The van der Waals surface area contributed by atoms with Gasteiger partial charge < -0.3 is 30.8 Å². The molecule has 0 spiro atoms. The van der Waals surface area contributed by atoms with Gasteiger partial charge >= 0.3 is 0 Å². The Morgan fingerprint density at radius 1 is 0.813 bits per heavy atom. The van der Waals surface area contributed by atoms with Crippen LogP contribution in [-0.4, -0.2) is 79.6 Å². The topological polar surface area (TPSA) is 383 Å². The van der Waals surface area contributed by atoms with E-state index in [1.54, 1.807) is 61.7 Å². The van der Waals surface area contributed by atoms with Crippen LogP contribution in [0.1, 0.15) is 31.4 Å². The first-order valence-corrected chi connectivity index (χ1v) is 27.0. The van der Waals surface area contributed by atoms with Crippen molar-refractivity contribution in [2.75, 3.05) is 54.9 Å². The molecule has 6 aromatic rings. The molecule has 26 nitrogen and oxygen atoms in total. The van der Waals surface area contributed by atoms with Crippen LogP contribution >= 0.6 is 24.4 Å². The largest absolute Gasteiger partial charge is 0.505 e. The molecule has 6 rings (SSSR count). The fourth-order valence-electron chi connectivity index (χ4n) is 6.84. The Bertz CT molecular complexity index is 3280. The van der Waals surface area contributed by atoms with Crippen LogP contribution in [0.4, 0.5) is 51.2 Å². The summed E-state index contributed by atoms with van der Waals surface area (Å²) in [7, 11) is -5.54. The molecule has 0 radical (unpaired) electrons. The summed E-state index contributed by atoms with van der Waals surface area (Å²) >= 11 is -1.88. The van der Waals surface area contributed by atoms with Gasteiger partial charge in [0.05, 0.1) is 68.6 Å². The SMILES string of the molecule is CCN(CC)c1cc(N)c(N=Nc2ccc(NS(=O)(=O)c3ccc(C)cc3)cc2)cc1OC.CN=Nc1cc(S(=O)O)c2cc(SOOO)c(N=Nc3ccc(CCCOSOOO)cc3S(=O)(=O)O)c(O)c2c1N. The first-order valence-electron chi connectivity index (χ1n) is 21.6. The number of fused-ring (bicyclic) bond motifs is 1. The fourth-order valence-corrected chi connectivity index (χ4v) is 9.87. The van der Waals surface area contributed by atoms with Gasteiger partial charge in [-0.1, -0.05) is 33.8 Å². The fraction of sp³-hybridized carbons (Fsp3) is 0.227. The molecule has 1 atom stereocenters. The molecule has 31 heteroatoms. The molecule has 1 unspecified atom stereocenters. The van der Waals surface area contributed by atoms with Gasteiger partial charge in [0.2, 0.25) is 0 Å². The van der Waals surface area contributed by atoms with Gasteiger partial charge in [-0.15, -0.1) is 24.0 Å². The summed E-state index contributed by atoms with van der Waals surface area (Å²) < 4.78 is 103. The molecule has 0 aliphatic carbocycles. The van der Waals surface area contributed by atoms with Gasteiger partial charge in [-0.25, -0.2) is 23.1 Å². The molecule has 6 aromatic carbocycles. The number of nitrogens with two attached hydrogens (primary N) is 2. The van der Waals surface area contributed by atoms with Crippen LogP contribution in [0.2, 0.25) is 0 Å². The Hall–Kier alpha value is -6.43. The molecule has 0 aliphatic heterocycles. The minimum absolute atomic E-state index is 0.0234. The number of nitrogens with one attached hydrogen (secondary N) is 1. The molecular formula is C44H50N10O16S5. The van der Waals surface area contributed by atoms with E-state index in [0.717, 1.165) is 30.4 Å². The highest BCUT2D eigenvalue weighted by Crippen LogP contribution is 2.49. The third-order valence-corrected chi connectivity index (χ3v) is 14.4. The van der Waals surface area contributed by atoms with Crippen LogP contribution in [0.15, 0.2) is 141 Å². The van der Waals surface area contributed by atoms with E-state index in [-0.39, 0.29) is 54.8 Å². The zero-order valence-corrected chi connectivity index (χ0v) is 44.3. The van der Waals surface area contributed by atoms with Crippen LogP contribution in [0.5, 0.6) is 11.5 Å². The Balaban J connectivity index is 0.000000285. The normalized spacial score (nSPS) is 12.4. The van der Waals surface area contributed by atoms with E-state index < -0.39 is 41.9 Å². The lowest BCUT2D eigenvalue weighted by atomic mass is 10.0. The monoisotopic (exact) mass is 1130 g/mol. The number of aryl methyl sites for hydroxylation is 2. The van der Waals surface area contributed by atoms with E-state index in [1.807, 2.05) is 13.0 Å². The summed E-state index contributed by atoms with van der Waals surface area (Å²) in [5.74, 6) is -0.0150. The van der Waals surface area contributed by atoms with Crippen LogP contribution in [-0.2, 0) is 60.6 Å². The second-order valence-electron chi connectivity index (χ2n) is 15.1. The number of phenols is 1. The van der Waals surface area contributed by atoms with Crippen molar-refractivity contribution in [2.24, 2.45) is 30.7 Å². The number of anilines is 4. The molecule has 0 aromatic heterocycles. The van der Waals surface area contributed by atoms with E-state index in [1.165, 1.54) is 31.3 Å². The van der Waals surface area contributed by atoms with E-state index in [0.29, 0.717) is 71.3 Å². The molecule has 75 heavy (non-hydrogen) atoms. The van der Waals surface area contributed by atoms with Crippen LogP contribution < -0.4 is 25.8 Å². The Kier molecular flexibility index (Phi) is 22.1. The predicted molar refractivity (Wildman–Crippen MR) is 281 cm³/mol. The average molecular weight is 1140 g/mol. The van der Waals surface area contributed by atoms with Crippen molar-refractivity contribution in [2.45, 2.75) is 53.2 Å². The summed E-state index contributed by atoms with van der Waals surface area (Å²) in [5, 5.41) is 58.3. The molecule has 0 bridgehead atoms. The third kappa shape index (κ3) is 16.0. The lowest BCUT2D eigenvalue weighted by Gasteiger charge is -2.24. The Labute approximate surface area is 441 Å². The van der Waals surface area contributed by atoms with Gasteiger partial charge in [0.25, 0.3) is 20.1 Å². The van der Waals surface area contributed by atoms with Crippen molar-refractivity contribution in [1.82, 2.24) is 0 Å². The Morgan fingerprint density at radius 3 is 2.11 bits per heavy atom. The highest BCUT2D eigenvalue weighted by molar-refractivity contribution is 7.94. The highest BCUT2D eigenvalue weighted by Gasteiger charge is 2.24. The second kappa shape index (κ2) is 27.9. The first kappa shape index (κ1) is 59.4. The molecule has 0 aliphatic rings. The number of methoxy groups -OCH3 is 1. The highest BCUT2D eigenvalue weighted by atomic mass is 32.2. The molecular weight excluding hydrogens is 1080 g/mol. The van der Waals surface area contributed by atoms with Gasteiger partial charge in [-0.2, -0.15) is 23.8 Å². The van der Waals surface area contributed by atoms with Crippen LogP contribution in [0.3, 0.4) is 0 Å². The summed E-state index contributed by atoms with van der Waals surface area (Å²) in [6.45, 7) is 7.82. The lowest BCUT2D eigenvalue weighted by molar-refractivity contribution is -0.434. The first-order chi connectivity index (χ1) is 35.8. The zero-order valence-electron chi connectivity index (χ0n) is 40.2. The number of benzene rings is 6. The minimum Gasteiger partial charge on any atom is -0.505 e. The van der Waals surface area contributed by atoms with E-state index in [4.69, 9.17) is 30.9 Å². The number of ether oxygens (including phenoxy) is 1. The van der Waals surface area contributed by atoms with Crippen LogP contribution in [0, 0.1) is 6.92 Å². The number of hydrogen-bond donors (Lipinski definition) is 8. The maximum atomic E-state index is 12.5. The second-order valence-corrected chi connectivity index (χ2v) is 20.4. The van der Waals surface area contributed by atoms with Gasteiger partial charge in [-0.3, -0.25) is 13.5 Å². The van der Waals surface area contributed by atoms with Crippen molar-refractivity contribution in [3.8, 4) is 11.5 Å². The zero-order chi connectivity index (χ0) is 54.9. The summed E-state index contributed by atoms with van der Waals surface area (Å²) in [6, 6.07) is 23.2. The quantitative estimate of drug-likeness (QED) is 0.00408. The molecule has 0 fully saturated rings. The number of aromatic hydroxyl groups is 1. The van der Waals surface area contributed by atoms with Gasteiger partial charge in [0.15, 0.2) is 29.2 Å². The standard InChI is InChI=1S/C24H29N5O3S.C20H21N5O13S4/c1-5-29(6-2)23-15-21(25)22(16-24(23)32-4)27-26-18-9-11-19(12-10-18)28-33(30,31)20-13-7-17(3)8-14-20;1-22-23-13-9-15(41(29)30)11-8-14(39-37-35-27)19(20(26)17(11)18(13)21)25-24-12-5-4-10(7-16(12)42(31,32)33)3-2-6-34-40-38-36-28/h7-16,28H,5-6,25H2,1-4H3;4-5,7-9,26-28H,2-3,6,21H2,1H3,(H,29,30)(H,31,32,33). The van der Waals surface area contributed by atoms with Crippen molar-refractivity contribution < 1.29 is 73.4 Å². The average Bonchev–Trinajstić information content (AvgIpc) is 3.37. The summed E-state index contributed by atoms with van der Waals surface area (Å²) in [5.41, 5.74) is 15.8. The number of rotatable bonds is 24. The number of phenolic OH excluding ortho intramolecular Hbond substituents is 1. The molecule has 10 N–H and O–H groups in total. The number of sulfonamides is 1. The van der Waals surface area contributed by atoms with Crippen LogP contribution in [0.25, 0.3) is 10.8 Å². The number of nitrogen functional groups attached to an aromatic ring is 2. The van der Waals surface area contributed by atoms with Gasteiger partial charge in [-0.05, 0) is 106 Å². The van der Waals surface area contributed by atoms with E-state index in [9.17, 15) is 35.3 Å². The van der Waals surface area contributed by atoms with Crippen molar-refractivity contribution in [3.63, 3.8) is 0 Å². The molecule has 402 valence electrons. The smallest absolute Gasteiger partial charge is 0.296 e. The van der Waals surface area contributed by atoms with Crippen molar-refractivity contribution in [1.29, 1.82) is 0 Å². The molecule has 0 saturated heterocycles. The van der Waals surface area contributed by atoms with Gasteiger partial charge in [0.1, 0.15) is 33.4 Å². The van der Waals surface area contributed by atoms with Gasteiger partial charge in [0, 0.05) is 37.3 Å². The molecule has 0 saturated carbocycles. The van der Waals surface area contributed by atoms with Crippen molar-refractivity contribution in [3.05, 3.63) is 102 Å². The van der Waals surface area contributed by atoms with E-state index >= 15 is 0 Å². The molecule has 0 amide bonds. The number of azo groups is 3. The third-order valence-electron chi connectivity index (χ3n) is 10.4. The maximum absolute atomic E-state index is 12.5. The lowest BCUT2D eigenvalue weighted by Crippen LogP contribution is -2.22. The van der Waals surface area contributed by atoms with E-state index in [2.05, 4.69) is 72.9 Å². The maximum Gasteiger partial charge on any atom is 0.296 e. The number of nitrogens with zero attached hydrogens (tertiary/aromatic N) is 7. The number of hydrogen-bond acceptors (Lipinski definition) is 25. The minimum atomic E-state index is -4.81. The summed E-state index contributed by atoms with van der Waals surface area (Å²) in [4.78, 5) is 1.41. The predicted octanol–water partition coefficient (Wildman–Crippen LogP) is 11.1. The molecule has 0 heterocycles. The van der Waals surface area contributed by atoms with Crippen molar-refractivity contribution >= 4 is 118 Å². The summed E-state index contributed by atoms with van der Waals surface area (Å²) in [6.07, 6.45) is 0.685.